The first kappa shape index (κ1) is 27.2. The number of pyridine rings is 1. The first-order valence-electron chi connectivity index (χ1n) is 18.8. The number of para-hydroxylation sites is 5. The van der Waals surface area contributed by atoms with Crippen LogP contribution in [-0.2, 0) is 0 Å². The zero-order valence-corrected chi connectivity index (χ0v) is 28.4. The lowest BCUT2D eigenvalue weighted by molar-refractivity contribution is 0.272. The zero-order chi connectivity index (χ0) is 33.1. The molecule has 51 heavy (non-hydrogen) atoms. The average molecular weight is 656 g/mol. The second-order valence-electron chi connectivity index (χ2n) is 16.0. The van der Waals surface area contributed by atoms with Crippen LogP contribution in [0.3, 0.4) is 0 Å². The molecule has 5 aliphatic rings. The highest BCUT2D eigenvalue weighted by atomic mass is 16.5. The van der Waals surface area contributed by atoms with E-state index >= 15 is 0 Å². The second-order valence-corrected chi connectivity index (χ2v) is 16.0. The van der Waals surface area contributed by atoms with Crippen molar-refractivity contribution >= 4 is 83.6 Å². The molecule has 5 heteroatoms. The Hall–Kier alpha value is -5.55. The SMILES string of the molecule is CC1CC2CC(C1)C(c1nc3c4c5c(cc3c3ccccc13)N1c3ccccc3Oc3cccc(c31)B5c1cccc3c5ccccc5n-4c13)C2. The van der Waals surface area contributed by atoms with Crippen molar-refractivity contribution < 1.29 is 4.74 Å². The van der Waals surface area contributed by atoms with Crippen LogP contribution >= 0.6 is 0 Å². The lowest BCUT2D eigenvalue weighted by Crippen LogP contribution is -2.60. The summed E-state index contributed by atoms with van der Waals surface area (Å²) in [5.74, 6) is 4.63. The summed E-state index contributed by atoms with van der Waals surface area (Å²) in [7, 11) is 0. The molecule has 0 amide bonds. The lowest BCUT2D eigenvalue weighted by atomic mass is 9.33. The van der Waals surface area contributed by atoms with Crippen LogP contribution in [0, 0.1) is 17.8 Å². The summed E-state index contributed by atoms with van der Waals surface area (Å²) in [6.07, 6.45) is 5.31. The van der Waals surface area contributed by atoms with Gasteiger partial charge in [0.2, 0.25) is 0 Å². The third kappa shape index (κ3) is 3.32. The third-order valence-corrected chi connectivity index (χ3v) is 13.3. The van der Waals surface area contributed by atoms with Crippen molar-refractivity contribution in [2.75, 3.05) is 4.90 Å². The second kappa shape index (κ2) is 9.41. The van der Waals surface area contributed by atoms with E-state index in [0.717, 1.165) is 40.2 Å². The normalized spacial score (nSPS) is 22.0. The van der Waals surface area contributed by atoms with E-state index in [1.54, 1.807) is 0 Å². The van der Waals surface area contributed by atoms with Gasteiger partial charge in [0, 0.05) is 38.7 Å². The van der Waals surface area contributed by atoms with Crippen LogP contribution in [0.4, 0.5) is 17.1 Å². The zero-order valence-electron chi connectivity index (χ0n) is 28.4. The Kier molecular flexibility index (Phi) is 5.02. The maximum absolute atomic E-state index is 6.68. The first-order valence-corrected chi connectivity index (χ1v) is 18.8. The minimum Gasteiger partial charge on any atom is -0.453 e. The molecule has 2 aromatic heterocycles. The molecule has 4 atom stereocenters. The van der Waals surface area contributed by atoms with Gasteiger partial charge in [0.1, 0.15) is 0 Å². The Balaban J connectivity index is 1.24. The van der Waals surface area contributed by atoms with Gasteiger partial charge >= 0.3 is 0 Å². The highest BCUT2D eigenvalue weighted by molar-refractivity contribution is 7.00. The number of anilines is 3. The Morgan fingerprint density at radius 2 is 1.41 bits per heavy atom. The Labute approximate surface area is 296 Å². The van der Waals surface area contributed by atoms with Crippen molar-refractivity contribution in [3.63, 3.8) is 0 Å². The van der Waals surface area contributed by atoms with E-state index in [9.17, 15) is 0 Å². The molecular weight excluding hydrogens is 621 g/mol. The summed E-state index contributed by atoms with van der Waals surface area (Å²) >= 11 is 0. The van der Waals surface area contributed by atoms with Crippen molar-refractivity contribution in [2.24, 2.45) is 17.8 Å². The Morgan fingerprint density at radius 1 is 0.647 bits per heavy atom. The molecule has 4 nitrogen and oxygen atoms in total. The number of nitrogens with zero attached hydrogens (tertiary/aromatic N) is 3. The topological polar surface area (TPSA) is 30.3 Å². The smallest absolute Gasteiger partial charge is 0.252 e. The Bertz CT molecular complexity index is 2870. The number of hydrogen-bond donors (Lipinski definition) is 0. The number of rotatable bonds is 1. The van der Waals surface area contributed by atoms with E-state index in [0.29, 0.717) is 11.8 Å². The molecule has 3 aliphatic heterocycles. The van der Waals surface area contributed by atoms with Crippen molar-refractivity contribution in [1.29, 1.82) is 0 Å². The molecule has 0 spiro atoms. The number of fused-ring (bicyclic) bond motifs is 15. The summed E-state index contributed by atoms with van der Waals surface area (Å²) in [6.45, 7) is 2.51. The van der Waals surface area contributed by atoms with Gasteiger partial charge in [-0.15, -0.1) is 0 Å². The van der Waals surface area contributed by atoms with Gasteiger partial charge in [-0.3, -0.25) is 0 Å². The Morgan fingerprint density at radius 3 is 2.35 bits per heavy atom. The van der Waals surface area contributed by atoms with Crippen molar-refractivity contribution in [1.82, 2.24) is 9.55 Å². The molecule has 242 valence electrons. The number of ether oxygens (including phenoxy) is 1. The fourth-order valence-electron chi connectivity index (χ4n) is 11.6. The van der Waals surface area contributed by atoms with Crippen LogP contribution in [0.1, 0.15) is 44.2 Å². The van der Waals surface area contributed by atoms with Gasteiger partial charge in [-0.25, -0.2) is 4.98 Å². The van der Waals surface area contributed by atoms with Crippen LogP contribution < -0.4 is 26.0 Å². The molecule has 0 radical (unpaired) electrons. The highest BCUT2D eigenvalue weighted by Crippen LogP contribution is 2.55. The average Bonchev–Trinajstić information content (AvgIpc) is 3.67. The van der Waals surface area contributed by atoms with Gasteiger partial charge in [-0.05, 0) is 95.5 Å². The van der Waals surface area contributed by atoms with Gasteiger partial charge in [-0.2, -0.15) is 0 Å². The monoisotopic (exact) mass is 655 g/mol. The molecule has 2 aliphatic carbocycles. The van der Waals surface area contributed by atoms with Crippen LogP contribution in [0.5, 0.6) is 11.5 Å². The first-order chi connectivity index (χ1) is 25.2. The third-order valence-electron chi connectivity index (χ3n) is 13.3. The van der Waals surface area contributed by atoms with Gasteiger partial charge in [0.15, 0.2) is 11.5 Å². The number of hydrogen-bond acceptors (Lipinski definition) is 3. The fourth-order valence-corrected chi connectivity index (χ4v) is 11.6. The minimum absolute atomic E-state index is 0.0447. The van der Waals surface area contributed by atoms with Crippen molar-refractivity contribution in [3.05, 3.63) is 121 Å². The minimum atomic E-state index is 0.0447. The fraction of sp³-hybridized carbons (Fsp3) is 0.196. The number of aromatic nitrogens is 2. The van der Waals surface area contributed by atoms with Gasteiger partial charge in [-0.1, -0.05) is 91.9 Å². The summed E-state index contributed by atoms with van der Waals surface area (Å²) < 4.78 is 9.28. The molecule has 5 heterocycles. The van der Waals surface area contributed by atoms with Gasteiger partial charge in [0.25, 0.3) is 6.71 Å². The van der Waals surface area contributed by atoms with Crippen LogP contribution in [0.15, 0.2) is 115 Å². The molecule has 8 aromatic rings. The largest absolute Gasteiger partial charge is 0.453 e. The van der Waals surface area contributed by atoms with Crippen LogP contribution in [0.25, 0.3) is 49.2 Å². The van der Waals surface area contributed by atoms with E-state index in [1.165, 1.54) is 97.1 Å². The van der Waals surface area contributed by atoms with E-state index in [4.69, 9.17) is 9.72 Å². The van der Waals surface area contributed by atoms with Gasteiger partial charge in [0.05, 0.1) is 33.8 Å². The van der Waals surface area contributed by atoms with Crippen LogP contribution in [0.2, 0.25) is 0 Å². The summed E-state index contributed by atoms with van der Waals surface area (Å²) in [6, 6.07) is 42.8. The van der Waals surface area contributed by atoms with Crippen molar-refractivity contribution in [3.8, 4) is 17.2 Å². The molecule has 13 rings (SSSR count). The van der Waals surface area contributed by atoms with E-state index in [1.807, 2.05) is 0 Å². The highest BCUT2D eigenvalue weighted by Gasteiger charge is 2.47. The van der Waals surface area contributed by atoms with E-state index in [2.05, 4.69) is 132 Å². The molecule has 0 saturated heterocycles. The molecule has 6 aromatic carbocycles. The van der Waals surface area contributed by atoms with E-state index < -0.39 is 0 Å². The molecule has 2 fully saturated rings. The lowest BCUT2D eigenvalue weighted by Gasteiger charge is -2.43. The predicted molar refractivity (Wildman–Crippen MR) is 210 cm³/mol. The summed E-state index contributed by atoms with van der Waals surface area (Å²) in [4.78, 5) is 8.48. The molecule has 4 unspecified atom stereocenters. The van der Waals surface area contributed by atoms with Crippen LogP contribution in [-0.4, -0.2) is 16.3 Å². The molecular formula is C46H34BN3O. The van der Waals surface area contributed by atoms with E-state index in [-0.39, 0.29) is 6.71 Å². The molecule has 2 bridgehead atoms. The summed E-state index contributed by atoms with van der Waals surface area (Å²) in [5, 5.41) is 6.47. The van der Waals surface area contributed by atoms with Crippen molar-refractivity contribution in [2.45, 2.75) is 38.5 Å². The molecule has 0 N–H and O–H groups in total. The standard InChI is InChI=1S/C46H34BN3O/c1-25-20-26-22-27(21-25)32(23-26)42-30-12-3-2-10-28(30)33-24-38-41-46(43(33)48-42)50-36-16-5-4-11-29(36)31-13-8-14-34(44(31)50)47(41)35-15-9-19-40-45(35)49(38)37-17-6-7-18-39(37)51-40/h2-19,24-27,32H,20-23H2,1H3. The summed E-state index contributed by atoms with van der Waals surface area (Å²) in [5.41, 5.74) is 13.7. The predicted octanol–water partition coefficient (Wildman–Crippen LogP) is 9.74. The quantitative estimate of drug-likeness (QED) is 0.130. The van der Waals surface area contributed by atoms with Gasteiger partial charge < -0.3 is 14.2 Å². The maximum Gasteiger partial charge on any atom is 0.252 e. The number of benzene rings is 6. The molecule has 2 saturated carbocycles. The maximum atomic E-state index is 6.68.